The van der Waals surface area contributed by atoms with Crippen molar-refractivity contribution in [3.05, 3.63) is 35.4 Å². The molecule has 0 bridgehead atoms. The highest BCUT2D eigenvalue weighted by Gasteiger charge is 2.07. The van der Waals surface area contributed by atoms with E-state index in [9.17, 15) is 0 Å². The van der Waals surface area contributed by atoms with Crippen LogP contribution in [-0.2, 0) is 0 Å². The number of anilines is 2. The first-order chi connectivity index (χ1) is 7.70. The molecule has 4 nitrogen and oxygen atoms in total. The number of halogens is 1. The van der Waals surface area contributed by atoms with Crippen molar-refractivity contribution in [2.24, 2.45) is 0 Å². The summed E-state index contributed by atoms with van der Waals surface area (Å²) in [6, 6.07) is 9.06. The summed E-state index contributed by atoms with van der Waals surface area (Å²) in [5.41, 5.74) is 6.46. The van der Waals surface area contributed by atoms with Crippen LogP contribution in [0.15, 0.2) is 30.3 Å². The van der Waals surface area contributed by atoms with E-state index in [1.165, 1.54) is 0 Å². The SMILES string of the molecule is CNc1cc(N)nc(-c2ccccc2Cl)n1. The summed E-state index contributed by atoms with van der Waals surface area (Å²) < 4.78 is 0. The number of aromatic nitrogens is 2. The van der Waals surface area contributed by atoms with Crippen LogP contribution >= 0.6 is 11.6 Å². The summed E-state index contributed by atoms with van der Waals surface area (Å²) in [6.45, 7) is 0. The fourth-order valence-corrected chi connectivity index (χ4v) is 1.58. The molecule has 0 saturated heterocycles. The zero-order valence-electron chi connectivity index (χ0n) is 8.74. The smallest absolute Gasteiger partial charge is 0.165 e. The fraction of sp³-hybridized carbons (Fsp3) is 0.0909. The lowest BCUT2D eigenvalue weighted by Gasteiger charge is -2.06. The highest BCUT2D eigenvalue weighted by atomic mass is 35.5. The molecule has 0 unspecified atom stereocenters. The summed E-state index contributed by atoms with van der Waals surface area (Å²) in [7, 11) is 1.78. The number of benzene rings is 1. The highest BCUT2D eigenvalue weighted by Crippen LogP contribution is 2.26. The van der Waals surface area contributed by atoms with Crippen LogP contribution in [0, 0.1) is 0 Å². The molecule has 16 heavy (non-hydrogen) atoms. The Kier molecular flexibility index (Phi) is 2.92. The average Bonchev–Trinajstić information content (AvgIpc) is 2.28. The van der Waals surface area contributed by atoms with Gasteiger partial charge in [-0.05, 0) is 12.1 Å². The maximum Gasteiger partial charge on any atom is 0.165 e. The van der Waals surface area contributed by atoms with Crippen molar-refractivity contribution in [1.82, 2.24) is 9.97 Å². The van der Waals surface area contributed by atoms with Crippen LogP contribution in [0.4, 0.5) is 11.6 Å². The first-order valence-electron chi connectivity index (χ1n) is 4.78. The van der Waals surface area contributed by atoms with Gasteiger partial charge in [0.2, 0.25) is 0 Å². The van der Waals surface area contributed by atoms with Gasteiger partial charge in [0.25, 0.3) is 0 Å². The quantitative estimate of drug-likeness (QED) is 0.838. The molecule has 3 N–H and O–H groups in total. The molecule has 0 amide bonds. The molecule has 0 aliphatic heterocycles. The van der Waals surface area contributed by atoms with Crippen LogP contribution in [0.25, 0.3) is 11.4 Å². The fourth-order valence-electron chi connectivity index (χ4n) is 1.36. The lowest BCUT2D eigenvalue weighted by Crippen LogP contribution is -2.00. The van der Waals surface area contributed by atoms with Crippen LogP contribution in [0.3, 0.4) is 0 Å². The Bertz CT molecular complexity index is 513. The van der Waals surface area contributed by atoms with Gasteiger partial charge in [0.15, 0.2) is 5.82 Å². The van der Waals surface area contributed by atoms with Gasteiger partial charge in [0, 0.05) is 18.7 Å². The van der Waals surface area contributed by atoms with E-state index < -0.39 is 0 Å². The second-order valence-electron chi connectivity index (χ2n) is 3.23. The molecule has 5 heteroatoms. The molecule has 82 valence electrons. The number of hydrogen-bond donors (Lipinski definition) is 2. The number of nitrogens with two attached hydrogens (primary N) is 1. The van der Waals surface area contributed by atoms with E-state index in [-0.39, 0.29) is 0 Å². The van der Waals surface area contributed by atoms with Gasteiger partial charge in [0.1, 0.15) is 11.6 Å². The first-order valence-corrected chi connectivity index (χ1v) is 5.15. The Morgan fingerprint density at radius 1 is 1.25 bits per heavy atom. The molecule has 0 aliphatic carbocycles. The standard InChI is InChI=1S/C11H11ClN4/c1-14-10-6-9(13)15-11(16-10)7-4-2-3-5-8(7)12/h2-6H,1H3,(H3,13,14,15,16). The van der Waals surface area contributed by atoms with E-state index in [4.69, 9.17) is 17.3 Å². The molecule has 0 spiro atoms. The summed E-state index contributed by atoms with van der Waals surface area (Å²) >= 11 is 6.07. The molecule has 2 aromatic rings. The monoisotopic (exact) mass is 234 g/mol. The van der Waals surface area contributed by atoms with Gasteiger partial charge in [-0.3, -0.25) is 0 Å². The van der Waals surface area contributed by atoms with E-state index in [1.807, 2.05) is 18.2 Å². The van der Waals surface area contributed by atoms with Crippen molar-refractivity contribution in [3.8, 4) is 11.4 Å². The Balaban J connectivity index is 2.56. The largest absolute Gasteiger partial charge is 0.384 e. The number of hydrogen-bond acceptors (Lipinski definition) is 4. The molecule has 0 fully saturated rings. The third kappa shape index (κ3) is 2.06. The van der Waals surface area contributed by atoms with Crippen LogP contribution in [0.1, 0.15) is 0 Å². The summed E-state index contributed by atoms with van der Waals surface area (Å²) in [6.07, 6.45) is 0. The van der Waals surface area contributed by atoms with Gasteiger partial charge in [-0.2, -0.15) is 0 Å². The summed E-state index contributed by atoms with van der Waals surface area (Å²) in [5.74, 6) is 1.60. The topological polar surface area (TPSA) is 63.8 Å². The van der Waals surface area contributed by atoms with Crippen molar-refractivity contribution >= 4 is 23.2 Å². The minimum atomic E-state index is 0.411. The lowest BCUT2D eigenvalue weighted by molar-refractivity contribution is 1.17. The van der Waals surface area contributed by atoms with E-state index in [2.05, 4.69) is 15.3 Å². The van der Waals surface area contributed by atoms with Crippen molar-refractivity contribution in [1.29, 1.82) is 0 Å². The normalized spacial score (nSPS) is 10.1. The predicted octanol–water partition coefficient (Wildman–Crippen LogP) is 2.42. The third-order valence-corrected chi connectivity index (χ3v) is 2.45. The number of nitrogen functional groups attached to an aromatic ring is 1. The number of rotatable bonds is 2. The molecular formula is C11H11ClN4. The third-order valence-electron chi connectivity index (χ3n) is 2.12. The van der Waals surface area contributed by atoms with Gasteiger partial charge in [-0.25, -0.2) is 9.97 Å². The molecule has 1 aromatic heterocycles. The van der Waals surface area contributed by atoms with E-state index in [0.29, 0.717) is 22.5 Å². The Morgan fingerprint density at radius 2 is 2.00 bits per heavy atom. The Morgan fingerprint density at radius 3 is 2.69 bits per heavy atom. The molecule has 0 saturated carbocycles. The lowest BCUT2D eigenvalue weighted by atomic mass is 10.2. The molecule has 1 heterocycles. The molecule has 0 aliphatic rings. The van der Waals surface area contributed by atoms with Gasteiger partial charge < -0.3 is 11.1 Å². The van der Waals surface area contributed by atoms with Crippen LogP contribution in [-0.4, -0.2) is 17.0 Å². The van der Waals surface area contributed by atoms with Gasteiger partial charge in [-0.15, -0.1) is 0 Å². The number of nitrogens with zero attached hydrogens (tertiary/aromatic N) is 2. The molecule has 0 radical (unpaired) electrons. The summed E-state index contributed by atoms with van der Waals surface area (Å²) in [4.78, 5) is 8.45. The van der Waals surface area contributed by atoms with Gasteiger partial charge in [-0.1, -0.05) is 23.7 Å². The van der Waals surface area contributed by atoms with Crippen molar-refractivity contribution < 1.29 is 0 Å². The maximum absolute atomic E-state index is 6.07. The van der Waals surface area contributed by atoms with Crippen LogP contribution in [0.2, 0.25) is 5.02 Å². The van der Waals surface area contributed by atoms with E-state index >= 15 is 0 Å². The highest BCUT2D eigenvalue weighted by molar-refractivity contribution is 6.33. The Hall–Kier alpha value is -1.81. The molecule has 2 rings (SSSR count). The zero-order chi connectivity index (χ0) is 11.5. The van der Waals surface area contributed by atoms with Crippen LogP contribution in [0.5, 0.6) is 0 Å². The summed E-state index contributed by atoms with van der Waals surface area (Å²) in [5, 5.41) is 3.53. The van der Waals surface area contributed by atoms with E-state index in [0.717, 1.165) is 5.56 Å². The molecule has 0 atom stereocenters. The van der Waals surface area contributed by atoms with Crippen molar-refractivity contribution in [3.63, 3.8) is 0 Å². The predicted molar refractivity (Wildman–Crippen MR) is 66.4 cm³/mol. The molecule has 1 aromatic carbocycles. The molecular weight excluding hydrogens is 224 g/mol. The zero-order valence-corrected chi connectivity index (χ0v) is 9.49. The van der Waals surface area contributed by atoms with E-state index in [1.54, 1.807) is 19.2 Å². The number of nitrogens with one attached hydrogen (secondary N) is 1. The van der Waals surface area contributed by atoms with Crippen molar-refractivity contribution in [2.75, 3.05) is 18.1 Å². The second kappa shape index (κ2) is 4.37. The minimum absolute atomic E-state index is 0.411. The minimum Gasteiger partial charge on any atom is -0.384 e. The second-order valence-corrected chi connectivity index (χ2v) is 3.64. The van der Waals surface area contributed by atoms with Gasteiger partial charge in [0.05, 0.1) is 5.02 Å². The average molecular weight is 235 g/mol. The maximum atomic E-state index is 6.07. The van der Waals surface area contributed by atoms with Gasteiger partial charge >= 0.3 is 0 Å². The first kappa shape index (κ1) is 10.7. The Labute approximate surface area is 98.5 Å². The van der Waals surface area contributed by atoms with Crippen LogP contribution < -0.4 is 11.1 Å². The van der Waals surface area contributed by atoms with Crippen molar-refractivity contribution in [2.45, 2.75) is 0 Å².